The Balaban J connectivity index is 2.66. The quantitative estimate of drug-likeness (QED) is 0.490. The van der Waals surface area contributed by atoms with Gasteiger partial charge >= 0.3 is 6.09 Å². The topological polar surface area (TPSA) is 56.6 Å². The van der Waals surface area contributed by atoms with E-state index in [2.05, 4.69) is 24.8 Å². The van der Waals surface area contributed by atoms with E-state index in [0.717, 1.165) is 38.0 Å². The van der Waals surface area contributed by atoms with Crippen LogP contribution in [0, 0.1) is 11.3 Å². The molecule has 0 saturated heterocycles. The van der Waals surface area contributed by atoms with Crippen molar-refractivity contribution in [2.75, 3.05) is 26.2 Å². The number of ether oxygens (including phenoxy) is 1. The summed E-state index contributed by atoms with van der Waals surface area (Å²) in [7, 11) is 0. The van der Waals surface area contributed by atoms with Crippen molar-refractivity contribution in [1.82, 2.24) is 9.80 Å². The van der Waals surface area contributed by atoms with Gasteiger partial charge in [0.15, 0.2) is 0 Å². The molecule has 0 bridgehead atoms. The SMILES string of the molecule is CCCN(CCC)CCCCN(Cc1ccc(C#N)cc1)C(=O)OC(C)(C)C. The van der Waals surface area contributed by atoms with E-state index in [0.29, 0.717) is 18.7 Å². The Morgan fingerprint density at radius 3 is 2.07 bits per heavy atom. The molecule has 0 spiro atoms. The van der Waals surface area contributed by atoms with Gasteiger partial charge in [0.25, 0.3) is 0 Å². The molecule has 0 N–H and O–H groups in total. The van der Waals surface area contributed by atoms with Crippen molar-refractivity contribution >= 4 is 6.09 Å². The fraction of sp³-hybridized carbons (Fsp3) is 0.652. The zero-order valence-corrected chi connectivity index (χ0v) is 18.3. The molecule has 0 aliphatic carbocycles. The number of nitrogens with zero attached hydrogens (tertiary/aromatic N) is 3. The van der Waals surface area contributed by atoms with E-state index in [9.17, 15) is 4.79 Å². The molecule has 1 amide bonds. The van der Waals surface area contributed by atoms with Gasteiger partial charge in [-0.25, -0.2) is 4.79 Å². The van der Waals surface area contributed by atoms with Crippen LogP contribution in [0.3, 0.4) is 0 Å². The molecule has 0 radical (unpaired) electrons. The van der Waals surface area contributed by atoms with E-state index in [-0.39, 0.29) is 6.09 Å². The summed E-state index contributed by atoms with van der Waals surface area (Å²) in [5.74, 6) is 0. The fourth-order valence-corrected chi connectivity index (χ4v) is 3.07. The second-order valence-corrected chi connectivity index (χ2v) is 8.26. The summed E-state index contributed by atoms with van der Waals surface area (Å²) in [6, 6.07) is 9.51. The number of carbonyl (C=O) groups is 1. The summed E-state index contributed by atoms with van der Waals surface area (Å²) in [6.07, 6.45) is 4.06. The third-order valence-electron chi connectivity index (χ3n) is 4.34. The summed E-state index contributed by atoms with van der Waals surface area (Å²) in [5, 5.41) is 8.95. The second kappa shape index (κ2) is 12.4. The van der Waals surface area contributed by atoms with Crippen LogP contribution in [0.2, 0.25) is 0 Å². The van der Waals surface area contributed by atoms with Gasteiger partial charge < -0.3 is 14.5 Å². The minimum atomic E-state index is -0.515. The first kappa shape index (κ1) is 24.0. The molecule has 5 nitrogen and oxygen atoms in total. The van der Waals surface area contributed by atoms with Crippen LogP contribution in [0.1, 0.15) is 71.4 Å². The highest BCUT2D eigenvalue weighted by atomic mass is 16.6. The minimum absolute atomic E-state index is 0.282. The van der Waals surface area contributed by atoms with Gasteiger partial charge in [-0.15, -0.1) is 0 Å². The Kier molecular flexibility index (Phi) is 10.6. The molecule has 0 fully saturated rings. The van der Waals surface area contributed by atoms with Crippen molar-refractivity contribution < 1.29 is 9.53 Å². The average molecular weight is 388 g/mol. The van der Waals surface area contributed by atoms with Gasteiger partial charge in [0.05, 0.1) is 11.6 Å². The van der Waals surface area contributed by atoms with Crippen LogP contribution in [0.5, 0.6) is 0 Å². The van der Waals surface area contributed by atoms with E-state index >= 15 is 0 Å². The largest absolute Gasteiger partial charge is 0.444 e. The molecule has 1 aromatic carbocycles. The molecule has 0 atom stereocenters. The molecule has 0 aliphatic heterocycles. The number of hydrogen-bond acceptors (Lipinski definition) is 4. The molecule has 1 rings (SSSR count). The van der Waals surface area contributed by atoms with E-state index in [1.165, 1.54) is 12.8 Å². The van der Waals surface area contributed by atoms with Crippen LogP contribution >= 0.6 is 0 Å². The highest BCUT2D eigenvalue weighted by Gasteiger charge is 2.22. The summed E-state index contributed by atoms with van der Waals surface area (Å²) >= 11 is 0. The van der Waals surface area contributed by atoms with Gasteiger partial charge in [-0.3, -0.25) is 0 Å². The van der Waals surface area contributed by atoms with Gasteiger partial charge in [0.2, 0.25) is 0 Å². The maximum Gasteiger partial charge on any atom is 0.410 e. The fourth-order valence-electron chi connectivity index (χ4n) is 3.07. The number of rotatable bonds is 11. The van der Waals surface area contributed by atoms with E-state index in [1.807, 2.05) is 32.9 Å². The number of hydrogen-bond donors (Lipinski definition) is 0. The van der Waals surface area contributed by atoms with Crippen molar-refractivity contribution in [2.24, 2.45) is 0 Å². The molecule has 0 aliphatic rings. The molecule has 0 aromatic heterocycles. The maximum absolute atomic E-state index is 12.7. The smallest absolute Gasteiger partial charge is 0.410 e. The van der Waals surface area contributed by atoms with Crippen molar-refractivity contribution in [3.8, 4) is 6.07 Å². The molecule has 1 aromatic rings. The monoisotopic (exact) mass is 387 g/mol. The van der Waals surface area contributed by atoms with Gasteiger partial charge in [0.1, 0.15) is 5.60 Å². The molecule has 28 heavy (non-hydrogen) atoms. The van der Waals surface area contributed by atoms with Crippen LogP contribution in [-0.2, 0) is 11.3 Å². The van der Waals surface area contributed by atoms with Crippen molar-refractivity contribution in [1.29, 1.82) is 5.26 Å². The van der Waals surface area contributed by atoms with Gasteiger partial charge in [0, 0.05) is 13.1 Å². The summed E-state index contributed by atoms with van der Waals surface area (Å²) in [6.45, 7) is 14.6. The minimum Gasteiger partial charge on any atom is -0.444 e. The first-order valence-corrected chi connectivity index (χ1v) is 10.5. The number of unbranched alkanes of at least 4 members (excludes halogenated alkanes) is 1. The lowest BCUT2D eigenvalue weighted by Gasteiger charge is -2.28. The number of carbonyl (C=O) groups excluding carboxylic acids is 1. The van der Waals surface area contributed by atoms with Crippen LogP contribution in [0.15, 0.2) is 24.3 Å². The number of nitriles is 1. The Labute approximate surface area is 171 Å². The molecular formula is C23H37N3O2. The summed E-state index contributed by atoms with van der Waals surface area (Å²) in [5.41, 5.74) is 1.11. The highest BCUT2D eigenvalue weighted by molar-refractivity contribution is 5.68. The van der Waals surface area contributed by atoms with Gasteiger partial charge in [-0.1, -0.05) is 26.0 Å². The summed E-state index contributed by atoms with van der Waals surface area (Å²) in [4.78, 5) is 16.9. The molecule has 156 valence electrons. The predicted molar refractivity (Wildman–Crippen MR) is 114 cm³/mol. The Morgan fingerprint density at radius 2 is 1.57 bits per heavy atom. The number of benzene rings is 1. The van der Waals surface area contributed by atoms with Crippen LogP contribution in [0.4, 0.5) is 4.79 Å². The normalized spacial score (nSPS) is 11.3. The molecule has 5 heteroatoms. The highest BCUT2D eigenvalue weighted by Crippen LogP contribution is 2.14. The Bertz CT molecular complexity index is 608. The lowest BCUT2D eigenvalue weighted by molar-refractivity contribution is 0.0229. The van der Waals surface area contributed by atoms with Crippen molar-refractivity contribution in [3.63, 3.8) is 0 Å². The zero-order chi connectivity index (χ0) is 21.0. The lowest BCUT2D eigenvalue weighted by atomic mass is 10.1. The van der Waals surface area contributed by atoms with E-state index < -0.39 is 5.60 Å². The van der Waals surface area contributed by atoms with Gasteiger partial charge in [-0.2, -0.15) is 5.26 Å². The standard InChI is InChI=1S/C23H37N3O2/c1-6-14-25(15-7-2)16-8-9-17-26(22(27)28-23(3,4)5)19-21-12-10-20(18-24)11-13-21/h10-13H,6-9,14-17,19H2,1-5H3. The van der Waals surface area contributed by atoms with Gasteiger partial charge in [-0.05, 0) is 83.8 Å². The average Bonchev–Trinajstić information content (AvgIpc) is 2.63. The molecule has 0 unspecified atom stereocenters. The third kappa shape index (κ3) is 9.75. The Hall–Kier alpha value is -2.06. The Morgan fingerprint density at radius 1 is 1.00 bits per heavy atom. The first-order chi connectivity index (χ1) is 13.3. The predicted octanol–water partition coefficient (Wildman–Crippen LogP) is 5.20. The summed E-state index contributed by atoms with van der Waals surface area (Å²) < 4.78 is 5.60. The van der Waals surface area contributed by atoms with Crippen molar-refractivity contribution in [3.05, 3.63) is 35.4 Å². The lowest BCUT2D eigenvalue weighted by Crippen LogP contribution is -2.37. The third-order valence-corrected chi connectivity index (χ3v) is 4.34. The first-order valence-electron chi connectivity index (χ1n) is 10.5. The molecule has 0 heterocycles. The van der Waals surface area contributed by atoms with Crippen LogP contribution < -0.4 is 0 Å². The number of amides is 1. The molecular weight excluding hydrogens is 350 g/mol. The van der Waals surface area contributed by atoms with Crippen LogP contribution in [-0.4, -0.2) is 47.7 Å². The van der Waals surface area contributed by atoms with E-state index in [1.54, 1.807) is 17.0 Å². The zero-order valence-electron chi connectivity index (χ0n) is 18.3. The van der Waals surface area contributed by atoms with Crippen LogP contribution in [0.25, 0.3) is 0 Å². The van der Waals surface area contributed by atoms with Crippen molar-refractivity contribution in [2.45, 2.75) is 72.4 Å². The molecule has 0 saturated carbocycles. The van der Waals surface area contributed by atoms with E-state index in [4.69, 9.17) is 10.00 Å². The maximum atomic E-state index is 12.7. The second-order valence-electron chi connectivity index (χ2n) is 8.26.